The Bertz CT molecular complexity index is 576. The standard InChI is InChI=1S/C13H11N3O/c1-3-10-4-6-12(7-5-10)16-13(17-2)8-11(9-14)15-16/h3-8H,1H2,2H3. The molecule has 1 heterocycles. The Kier molecular flexibility index (Phi) is 2.93. The van der Waals surface area contributed by atoms with Crippen LogP contribution in [0.2, 0.25) is 0 Å². The molecule has 0 aliphatic rings. The second kappa shape index (κ2) is 4.54. The van der Waals surface area contributed by atoms with Gasteiger partial charge in [-0.25, -0.2) is 0 Å². The van der Waals surface area contributed by atoms with Crippen molar-refractivity contribution < 1.29 is 4.74 Å². The zero-order valence-corrected chi connectivity index (χ0v) is 9.42. The minimum Gasteiger partial charge on any atom is -0.481 e. The molecule has 0 amide bonds. The van der Waals surface area contributed by atoms with Crippen LogP contribution in [-0.4, -0.2) is 16.9 Å². The summed E-state index contributed by atoms with van der Waals surface area (Å²) in [7, 11) is 1.55. The monoisotopic (exact) mass is 225 g/mol. The van der Waals surface area contributed by atoms with E-state index in [1.807, 2.05) is 30.3 Å². The van der Waals surface area contributed by atoms with Crippen molar-refractivity contribution in [1.29, 1.82) is 5.26 Å². The number of ether oxygens (including phenoxy) is 1. The van der Waals surface area contributed by atoms with Gasteiger partial charge in [-0.1, -0.05) is 24.8 Å². The van der Waals surface area contributed by atoms with E-state index in [0.29, 0.717) is 11.6 Å². The third-order valence-corrected chi connectivity index (χ3v) is 2.37. The molecule has 1 aromatic heterocycles. The molecule has 84 valence electrons. The lowest BCUT2D eigenvalue weighted by molar-refractivity contribution is 0.383. The molecule has 0 atom stereocenters. The van der Waals surface area contributed by atoms with Crippen LogP contribution >= 0.6 is 0 Å². The van der Waals surface area contributed by atoms with Gasteiger partial charge >= 0.3 is 0 Å². The third kappa shape index (κ3) is 2.04. The summed E-state index contributed by atoms with van der Waals surface area (Å²) in [6.07, 6.45) is 1.77. The summed E-state index contributed by atoms with van der Waals surface area (Å²) in [5.41, 5.74) is 2.20. The summed E-state index contributed by atoms with van der Waals surface area (Å²) in [5, 5.41) is 12.9. The molecular formula is C13H11N3O. The van der Waals surface area contributed by atoms with Crippen molar-refractivity contribution in [1.82, 2.24) is 9.78 Å². The number of methoxy groups -OCH3 is 1. The average Bonchev–Trinajstić information content (AvgIpc) is 2.82. The Labute approximate surface area is 99.4 Å². The van der Waals surface area contributed by atoms with Gasteiger partial charge in [0, 0.05) is 6.07 Å². The van der Waals surface area contributed by atoms with E-state index in [4.69, 9.17) is 10.00 Å². The van der Waals surface area contributed by atoms with Crippen LogP contribution in [0.4, 0.5) is 0 Å². The summed E-state index contributed by atoms with van der Waals surface area (Å²) in [6, 6.07) is 11.2. The van der Waals surface area contributed by atoms with E-state index < -0.39 is 0 Å². The maximum absolute atomic E-state index is 8.81. The van der Waals surface area contributed by atoms with Crippen LogP contribution in [0, 0.1) is 11.3 Å². The number of hydrogen-bond acceptors (Lipinski definition) is 3. The van der Waals surface area contributed by atoms with Gasteiger partial charge in [0.25, 0.3) is 0 Å². The molecule has 1 aromatic carbocycles. The lowest BCUT2D eigenvalue weighted by Gasteiger charge is -2.05. The van der Waals surface area contributed by atoms with E-state index >= 15 is 0 Å². The first-order chi connectivity index (χ1) is 8.28. The van der Waals surface area contributed by atoms with E-state index in [1.165, 1.54) is 0 Å². The summed E-state index contributed by atoms with van der Waals surface area (Å²) >= 11 is 0. The average molecular weight is 225 g/mol. The normalized spacial score (nSPS) is 9.65. The Morgan fingerprint density at radius 2 is 2.12 bits per heavy atom. The number of nitrogens with zero attached hydrogens (tertiary/aromatic N) is 3. The van der Waals surface area contributed by atoms with Gasteiger partial charge in [-0.3, -0.25) is 0 Å². The lowest BCUT2D eigenvalue weighted by atomic mass is 10.2. The molecule has 0 aliphatic heterocycles. The molecule has 2 aromatic rings. The molecule has 0 saturated carbocycles. The second-order valence-corrected chi connectivity index (χ2v) is 3.39. The highest BCUT2D eigenvalue weighted by Crippen LogP contribution is 2.19. The Hall–Kier alpha value is -2.54. The Morgan fingerprint density at radius 1 is 1.41 bits per heavy atom. The van der Waals surface area contributed by atoms with Crippen LogP contribution in [0.1, 0.15) is 11.3 Å². The Morgan fingerprint density at radius 3 is 2.65 bits per heavy atom. The zero-order valence-electron chi connectivity index (χ0n) is 9.42. The zero-order chi connectivity index (χ0) is 12.3. The number of nitriles is 1. The molecule has 0 N–H and O–H groups in total. The van der Waals surface area contributed by atoms with Crippen LogP contribution in [0.5, 0.6) is 5.88 Å². The van der Waals surface area contributed by atoms with Gasteiger partial charge in [0.1, 0.15) is 6.07 Å². The largest absolute Gasteiger partial charge is 0.481 e. The first-order valence-corrected chi connectivity index (χ1v) is 5.05. The van der Waals surface area contributed by atoms with E-state index in [2.05, 4.69) is 11.7 Å². The predicted octanol–water partition coefficient (Wildman–Crippen LogP) is 2.40. The summed E-state index contributed by atoms with van der Waals surface area (Å²) in [5.74, 6) is 0.535. The van der Waals surface area contributed by atoms with Crippen LogP contribution in [0.3, 0.4) is 0 Å². The molecule has 0 bridgehead atoms. The molecule has 4 heteroatoms. The molecule has 2 rings (SSSR count). The van der Waals surface area contributed by atoms with Crippen molar-refractivity contribution in [3.63, 3.8) is 0 Å². The second-order valence-electron chi connectivity index (χ2n) is 3.39. The van der Waals surface area contributed by atoms with Gasteiger partial charge in [0.2, 0.25) is 5.88 Å². The molecule has 4 nitrogen and oxygen atoms in total. The quantitative estimate of drug-likeness (QED) is 0.805. The molecule has 0 spiro atoms. The summed E-state index contributed by atoms with van der Waals surface area (Å²) in [6.45, 7) is 3.69. The van der Waals surface area contributed by atoms with Crippen LogP contribution in [-0.2, 0) is 0 Å². The van der Waals surface area contributed by atoms with E-state index in [1.54, 1.807) is 23.9 Å². The highest BCUT2D eigenvalue weighted by Gasteiger charge is 2.09. The Balaban J connectivity index is 2.48. The van der Waals surface area contributed by atoms with Gasteiger partial charge in [0.05, 0.1) is 12.8 Å². The molecule has 0 unspecified atom stereocenters. The molecule has 0 radical (unpaired) electrons. The SMILES string of the molecule is C=Cc1ccc(-n2nc(C#N)cc2OC)cc1. The van der Waals surface area contributed by atoms with E-state index in [9.17, 15) is 0 Å². The van der Waals surface area contributed by atoms with Gasteiger partial charge < -0.3 is 4.74 Å². The maximum Gasteiger partial charge on any atom is 0.217 e. The number of aromatic nitrogens is 2. The smallest absolute Gasteiger partial charge is 0.217 e. The van der Waals surface area contributed by atoms with Gasteiger partial charge in [-0.15, -0.1) is 0 Å². The summed E-state index contributed by atoms with van der Waals surface area (Å²) in [4.78, 5) is 0. The minimum absolute atomic E-state index is 0.328. The van der Waals surface area contributed by atoms with Crippen LogP contribution in [0.25, 0.3) is 11.8 Å². The summed E-state index contributed by atoms with van der Waals surface area (Å²) < 4.78 is 6.76. The maximum atomic E-state index is 8.81. The highest BCUT2D eigenvalue weighted by atomic mass is 16.5. The van der Waals surface area contributed by atoms with Crippen molar-refractivity contribution >= 4 is 6.08 Å². The van der Waals surface area contributed by atoms with Crippen molar-refractivity contribution in [2.24, 2.45) is 0 Å². The van der Waals surface area contributed by atoms with Gasteiger partial charge in [-0.2, -0.15) is 15.0 Å². The molecule has 17 heavy (non-hydrogen) atoms. The first-order valence-electron chi connectivity index (χ1n) is 5.05. The van der Waals surface area contributed by atoms with Crippen LogP contribution in [0.15, 0.2) is 36.9 Å². The molecule has 0 aliphatic carbocycles. The number of rotatable bonds is 3. The molecule has 0 fully saturated rings. The van der Waals surface area contributed by atoms with Crippen molar-refractivity contribution in [3.8, 4) is 17.6 Å². The van der Waals surface area contributed by atoms with Crippen molar-refractivity contribution in [2.45, 2.75) is 0 Å². The molecule has 0 saturated heterocycles. The van der Waals surface area contributed by atoms with Crippen LogP contribution < -0.4 is 4.74 Å². The fraction of sp³-hybridized carbons (Fsp3) is 0.0769. The molecular weight excluding hydrogens is 214 g/mol. The first kappa shape index (κ1) is 11.0. The third-order valence-electron chi connectivity index (χ3n) is 2.37. The fourth-order valence-electron chi connectivity index (χ4n) is 1.50. The predicted molar refractivity (Wildman–Crippen MR) is 64.9 cm³/mol. The van der Waals surface area contributed by atoms with E-state index in [-0.39, 0.29) is 0 Å². The van der Waals surface area contributed by atoms with E-state index in [0.717, 1.165) is 11.3 Å². The van der Waals surface area contributed by atoms with Gasteiger partial charge in [0.15, 0.2) is 5.69 Å². The van der Waals surface area contributed by atoms with Crippen molar-refractivity contribution in [2.75, 3.05) is 7.11 Å². The van der Waals surface area contributed by atoms with Crippen molar-refractivity contribution in [3.05, 3.63) is 48.2 Å². The highest BCUT2D eigenvalue weighted by molar-refractivity contribution is 5.50. The minimum atomic E-state index is 0.328. The number of benzene rings is 1. The number of hydrogen-bond donors (Lipinski definition) is 0. The fourth-order valence-corrected chi connectivity index (χ4v) is 1.50. The van der Waals surface area contributed by atoms with Gasteiger partial charge in [-0.05, 0) is 17.7 Å². The topological polar surface area (TPSA) is 50.8 Å². The lowest BCUT2D eigenvalue weighted by Crippen LogP contribution is -1.99.